The molecule has 1 atom stereocenters. The standard InChI is InChI=1S/C12H17ClN2/c1-8(7-14)10-5-9-3-4-15(2)12(9)11(13)6-10/h5-6,8H,3-4,7,14H2,1-2H3. The fraction of sp³-hybridized carbons (Fsp3) is 0.500. The summed E-state index contributed by atoms with van der Waals surface area (Å²) in [4.78, 5) is 2.22. The molecule has 1 aliphatic rings. The van der Waals surface area contributed by atoms with Gasteiger partial charge < -0.3 is 10.6 Å². The molecule has 0 aromatic heterocycles. The predicted octanol–water partition coefficient (Wildman–Crippen LogP) is 2.39. The summed E-state index contributed by atoms with van der Waals surface area (Å²) in [5.41, 5.74) is 9.49. The van der Waals surface area contributed by atoms with Crippen LogP contribution in [0.5, 0.6) is 0 Å². The van der Waals surface area contributed by atoms with Gasteiger partial charge in [-0.3, -0.25) is 0 Å². The molecule has 1 aliphatic heterocycles. The molecule has 3 heteroatoms. The van der Waals surface area contributed by atoms with Gasteiger partial charge in [-0.25, -0.2) is 0 Å². The van der Waals surface area contributed by atoms with Crippen LogP contribution in [0.4, 0.5) is 5.69 Å². The number of fused-ring (bicyclic) bond motifs is 1. The first kappa shape index (κ1) is 10.8. The van der Waals surface area contributed by atoms with E-state index >= 15 is 0 Å². The van der Waals surface area contributed by atoms with Gasteiger partial charge in [0, 0.05) is 13.6 Å². The van der Waals surface area contributed by atoms with Crippen molar-refractivity contribution in [2.75, 3.05) is 25.0 Å². The summed E-state index contributed by atoms with van der Waals surface area (Å²) in [6.07, 6.45) is 1.09. The van der Waals surface area contributed by atoms with E-state index in [1.807, 2.05) is 0 Å². The predicted molar refractivity (Wildman–Crippen MR) is 65.9 cm³/mol. The number of benzene rings is 1. The monoisotopic (exact) mass is 224 g/mol. The van der Waals surface area contributed by atoms with Gasteiger partial charge in [0.15, 0.2) is 0 Å². The minimum absolute atomic E-state index is 0.388. The lowest BCUT2D eigenvalue weighted by atomic mass is 9.98. The molecule has 1 heterocycles. The molecule has 15 heavy (non-hydrogen) atoms. The van der Waals surface area contributed by atoms with E-state index in [0.29, 0.717) is 12.5 Å². The highest BCUT2D eigenvalue weighted by molar-refractivity contribution is 6.33. The third-order valence-electron chi connectivity index (χ3n) is 3.19. The lowest BCUT2D eigenvalue weighted by molar-refractivity contribution is 0.773. The van der Waals surface area contributed by atoms with Gasteiger partial charge in [-0.1, -0.05) is 24.6 Å². The molecule has 1 aromatic carbocycles. The van der Waals surface area contributed by atoms with Crippen LogP contribution in [0.3, 0.4) is 0 Å². The van der Waals surface area contributed by atoms with Crippen molar-refractivity contribution in [1.82, 2.24) is 0 Å². The average Bonchev–Trinajstić information content (AvgIpc) is 2.59. The Morgan fingerprint density at radius 2 is 2.27 bits per heavy atom. The first-order chi connectivity index (χ1) is 7.13. The van der Waals surface area contributed by atoms with Gasteiger partial charge in [0.05, 0.1) is 10.7 Å². The van der Waals surface area contributed by atoms with E-state index in [0.717, 1.165) is 18.0 Å². The van der Waals surface area contributed by atoms with Crippen molar-refractivity contribution in [3.05, 3.63) is 28.3 Å². The Morgan fingerprint density at radius 3 is 2.93 bits per heavy atom. The molecule has 0 amide bonds. The van der Waals surface area contributed by atoms with Crippen LogP contribution < -0.4 is 10.6 Å². The summed E-state index contributed by atoms with van der Waals surface area (Å²) in [6.45, 7) is 3.87. The number of rotatable bonds is 2. The van der Waals surface area contributed by atoms with E-state index in [4.69, 9.17) is 17.3 Å². The van der Waals surface area contributed by atoms with Crippen LogP contribution in [0.1, 0.15) is 24.0 Å². The molecule has 0 radical (unpaired) electrons. The molecule has 2 nitrogen and oxygen atoms in total. The van der Waals surface area contributed by atoms with Crippen molar-refractivity contribution in [2.45, 2.75) is 19.3 Å². The fourth-order valence-corrected chi connectivity index (χ4v) is 2.51. The van der Waals surface area contributed by atoms with Crippen molar-refractivity contribution in [3.63, 3.8) is 0 Å². The number of halogens is 1. The van der Waals surface area contributed by atoms with E-state index in [1.165, 1.54) is 16.8 Å². The number of likely N-dealkylation sites (N-methyl/N-ethyl adjacent to an activating group) is 1. The number of hydrogen-bond acceptors (Lipinski definition) is 2. The molecular weight excluding hydrogens is 208 g/mol. The van der Waals surface area contributed by atoms with Gasteiger partial charge in [0.1, 0.15) is 0 Å². The summed E-state index contributed by atoms with van der Waals surface area (Å²) in [7, 11) is 2.09. The maximum Gasteiger partial charge on any atom is 0.0645 e. The SMILES string of the molecule is CC(CN)c1cc(Cl)c2c(c1)CCN2C. The second kappa shape index (κ2) is 4.03. The summed E-state index contributed by atoms with van der Waals surface area (Å²) in [5.74, 6) is 0.388. The van der Waals surface area contributed by atoms with E-state index in [9.17, 15) is 0 Å². The molecule has 2 N–H and O–H groups in total. The van der Waals surface area contributed by atoms with Gasteiger partial charge in [-0.05, 0) is 36.1 Å². The van der Waals surface area contributed by atoms with Crippen LogP contribution in [0.25, 0.3) is 0 Å². The Bertz CT molecular complexity index is 376. The molecule has 0 saturated carbocycles. The van der Waals surface area contributed by atoms with Crippen LogP contribution in [-0.2, 0) is 6.42 Å². The number of anilines is 1. The fourth-order valence-electron chi connectivity index (χ4n) is 2.12. The van der Waals surface area contributed by atoms with Crippen molar-refractivity contribution in [1.29, 1.82) is 0 Å². The molecule has 2 rings (SSSR count). The topological polar surface area (TPSA) is 29.3 Å². The molecule has 0 aliphatic carbocycles. The quantitative estimate of drug-likeness (QED) is 0.836. The summed E-state index contributed by atoms with van der Waals surface area (Å²) in [6, 6.07) is 4.31. The number of nitrogens with zero attached hydrogens (tertiary/aromatic N) is 1. The zero-order valence-electron chi connectivity index (χ0n) is 9.26. The highest BCUT2D eigenvalue weighted by Gasteiger charge is 2.20. The minimum atomic E-state index is 0.388. The number of hydrogen-bond donors (Lipinski definition) is 1. The third kappa shape index (κ3) is 1.84. The molecule has 0 bridgehead atoms. The van der Waals surface area contributed by atoms with E-state index in [-0.39, 0.29) is 0 Å². The third-order valence-corrected chi connectivity index (χ3v) is 3.47. The van der Waals surface area contributed by atoms with Gasteiger partial charge in [-0.2, -0.15) is 0 Å². The Labute approximate surface area is 96.0 Å². The molecule has 1 unspecified atom stereocenters. The molecule has 82 valence electrons. The smallest absolute Gasteiger partial charge is 0.0645 e. The van der Waals surface area contributed by atoms with E-state index < -0.39 is 0 Å². The second-order valence-corrected chi connectivity index (χ2v) is 4.73. The lowest BCUT2D eigenvalue weighted by Gasteiger charge is -2.16. The van der Waals surface area contributed by atoms with Crippen molar-refractivity contribution >= 4 is 17.3 Å². The molecular formula is C12H17ClN2. The average molecular weight is 225 g/mol. The Kier molecular flexibility index (Phi) is 2.89. The first-order valence-corrected chi connectivity index (χ1v) is 5.74. The first-order valence-electron chi connectivity index (χ1n) is 5.37. The van der Waals surface area contributed by atoms with Crippen molar-refractivity contribution in [2.24, 2.45) is 5.73 Å². The molecule has 0 fully saturated rings. The molecule has 1 aromatic rings. The van der Waals surface area contributed by atoms with E-state index in [1.54, 1.807) is 0 Å². The number of nitrogens with two attached hydrogens (primary N) is 1. The van der Waals surface area contributed by atoms with Crippen molar-refractivity contribution < 1.29 is 0 Å². The zero-order valence-corrected chi connectivity index (χ0v) is 10.0. The Morgan fingerprint density at radius 1 is 1.53 bits per heavy atom. The Hall–Kier alpha value is -0.730. The summed E-state index contributed by atoms with van der Waals surface area (Å²) >= 11 is 6.29. The summed E-state index contributed by atoms with van der Waals surface area (Å²) < 4.78 is 0. The van der Waals surface area contributed by atoms with Gasteiger partial charge >= 0.3 is 0 Å². The second-order valence-electron chi connectivity index (χ2n) is 4.32. The highest BCUT2D eigenvalue weighted by atomic mass is 35.5. The normalized spacial score (nSPS) is 16.7. The summed E-state index contributed by atoms with van der Waals surface area (Å²) in [5, 5.41) is 0.864. The van der Waals surface area contributed by atoms with Crippen LogP contribution in [0, 0.1) is 0 Å². The highest BCUT2D eigenvalue weighted by Crippen LogP contribution is 2.36. The maximum atomic E-state index is 6.29. The zero-order chi connectivity index (χ0) is 11.0. The Balaban J connectivity index is 2.44. The van der Waals surface area contributed by atoms with Gasteiger partial charge in [0.2, 0.25) is 0 Å². The maximum absolute atomic E-state index is 6.29. The molecule has 0 spiro atoms. The lowest BCUT2D eigenvalue weighted by Crippen LogP contribution is -2.13. The largest absolute Gasteiger partial charge is 0.373 e. The van der Waals surface area contributed by atoms with Crippen molar-refractivity contribution in [3.8, 4) is 0 Å². The van der Waals surface area contributed by atoms with E-state index in [2.05, 4.69) is 31.0 Å². The molecule has 0 saturated heterocycles. The van der Waals surface area contributed by atoms with Crippen LogP contribution in [0.15, 0.2) is 12.1 Å². The minimum Gasteiger partial charge on any atom is -0.373 e. The van der Waals surface area contributed by atoms with Gasteiger partial charge in [0.25, 0.3) is 0 Å². The van der Waals surface area contributed by atoms with Crippen LogP contribution >= 0.6 is 11.6 Å². The van der Waals surface area contributed by atoms with Crippen LogP contribution in [-0.4, -0.2) is 20.1 Å². The van der Waals surface area contributed by atoms with Crippen LogP contribution in [0.2, 0.25) is 5.02 Å². The van der Waals surface area contributed by atoms with Gasteiger partial charge in [-0.15, -0.1) is 0 Å².